The highest BCUT2D eigenvalue weighted by molar-refractivity contribution is 7.99. The van der Waals surface area contributed by atoms with Crippen LogP contribution in [0.15, 0.2) is 12.1 Å². The molecule has 0 bridgehead atoms. The van der Waals surface area contributed by atoms with E-state index >= 15 is 0 Å². The SMILES string of the molecule is CSCC(=O)Cc1c(C)cc(C)cc1C. The molecule has 1 aromatic rings. The van der Waals surface area contributed by atoms with Gasteiger partial charge in [-0.05, 0) is 43.7 Å². The molecule has 0 amide bonds. The van der Waals surface area contributed by atoms with Crippen LogP contribution in [0.4, 0.5) is 0 Å². The van der Waals surface area contributed by atoms with Crippen molar-refractivity contribution >= 4 is 17.5 Å². The molecule has 0 fully saturated rings. The first-order chi connectivity index (χ1) is 7.04. The molecule has 1 nitrogen and oxygen atoms in total. The fourth-order valence-corrected chi connectivity index (χ4v) is 2.32. The molecule has 82 valence electrons. The minimum atomic E-state index is 0.317. The van der Waals surface area contributed by atoms with Crippen LogP contribution in [0.2, 0.25) is 0 Å². The van der Waals surface area contributed by atoms with Gasteiger partial charge in [-0.25, -0.2) is 0 Å². The molecular weight excluding hydrogens is 204 g/mol. The van der Waals surface area contributed by atoms with Crippen molar-refractivity contribution in [3.8, 4) is 0 Å². The van der Waals surface area contributed by atoms with Crippen molar-refractivity contribution in [1.29, 1.82) is 0 Å². The summed E-state index contributed by atoms with van der Waals surface area (Å²) < 4.78 is 0. The smallest absolute Gasteiger partial charge is 0.147 e. The first-order valence-electron chi connectivity index (χ1n) is 5.12. The van der Waals surface area contributed by atoms with Gasteiger partial charge in [0.25, 0.3) is 0 Å². The molecule has 0 spiro atoms. The topological polar surface area (TPSA) is 17.1 Å². The molecule has 0 N–H and O–H groups in total. The lowest BCUT2D eigenvalue weighted by atomic mass is 9.96. The highest BCUT2D eigenvalue weighted by Crippen LogP contribution is 2.17. The molecule has 0 atom stereocenters. The maximum atomic E-state index is 11.6. The van der Waals surface area contributed by atoms with E-state index in [0.717, 1.165) is 0 Å². The Morgan fingerprint density at radius 2 is 1.73 bits per heavy atom. The summed E-state index contributed by atoms with van der Waals surface area (Å²) in [4.78, 5) is 11.6. The van der Waals surface area contributed by atoms with Gasteiger partial charge in [0, 0.05) is 6.42 Å². The Hall–Kier alpha value is -0.760. The summed E-state index contributed by atoms with van der Waals surface area (Å²) >= 11 is 1.59. The summed E-state index contributed by atoms with van der Waals surface area (Å²) in [6, 6.07) is 4.30. The molecule has 0 saturated heterocycles. The van der Waals surface area contributed by atoms with Crippen LogP contribution in [-0.2, 0) is 11.2 Å². The van der Waals surface area contributed by atoms with Crippen molar-refractivity contribution in [2.45, 2.75) is 27.2 Å². The zero-order chi connectivity index (χ0) is 11.4. The summed E-state index contributed by atoms with van der Waals surface area (Å²) in [6.07, 6.45) is 2.55. The van der Waals surface area contributed by atoms with Gasteiger partial charge in [0.05, 0.1) is 5.75 Å². The van der Waals surface area contributed by atoms with Crippen molar-refractivity contribution in [2.75, 3.05) is 12.0 Å². The number of Topliss-reactive ketones (excluding diaryl/α,β-unsaturated/α-hetero) is 1. The molecule has 0 aromatic heterocycles. The highest BCUT2D eigenvalue weighted by atomic mass is 32.2. The standard InChI is InChI=1S/C13H18OS/c1-9-5-10(2)13(11(3)6-9)7-12(14)8-15-4/h5-6H,7-8H2,1-4H3. The molecule has 0 heterocycles. The number of carbonyl (C=O) groups is 1. The molecule has 0 saturated carbocycles. The zero-order valence-corrected chi connectivity index (χ0v) is 10.7. The number of hydrogen-bond acceptors (Lipinski definition) is 2. The van der Waals surface area contributed by atoms with Gasteiger partial charge in [-0.1, -0.05) is 17.7 Å². The van der Waals surface area contributed by atoms with E-state index in [-0.39, 0.29) is 0 Å². The van der Waals surface area contributed by atoms with Crippen LogP contribution in [-0.4, -0.2) is 17.8 Å². The molecule has 1 rings (SSSR count). The molecule has 0 aliphatic rings. The van der Waals surface area contributed by atoms with E-state index in [9.17, 15) is 4.79 Å². The van der Waals surface area contributed by atoms with E-state index in [1.54, 1.807) is 11.8 Å². The van der Waals surface area contributed by atoms with E-state index in [1.807, 2.05) is 6.26 Å². The van der Waals surface area contributed by atoms with Gasteiger partial charge < -0.3 is 0 Å². The van der Waals surface area contributed by atoms with Crippen LogP contribution in [0.1, 0.15) is 22.3 Å². The molecule has 15 heavy (non-hydrogen) atoms. The number of ketones is 1. The Morgan fingerprint density at radius 3 is 2.20 bits per heavy atom. The number of carbonyl (C=O) groups excluding carboxylic acids is 1. The molecule has 0 aliphatic heterocycles. The van der Waals surface area contributed by atoms with Crippen molar-refractivity contribution in [2.24, 2.45) is 0 Å². The first kappa shape index (κ1) is 12.3. The molecular formula is C13H18OS. The summed E-state index contributed by atoms with van der Waals surface area (Å²) in [7, 11) is 0. The van der Waals surface area contributed by atoms with Gasteiger partial charge in [-0.15, -0.1) is 0 Å². The van der Waals surface area contributed by atoms with Gasteiger partial charge in [0.15, 0.2) is 0 Å². The fourth-order valence-electron chi connectivity index (χ4n) is 1.90. The molecule has 0 unspecified atom stereocenters. The summed E-state index contributed by atoms with van der Waals surface area (Å²) in [5, 5.41) is 0. The third kappa shape index (κ3) is 3.38. The number of rotatable bonds is 4. The fraction of sp³-hybridized carbons (Fsp3) is 0.462. The third-order valence-corrected chi connectivity index (χ3v) is 3.13. The number of aryl methyl sites for hydroxylation is 3. The minimum absolute atomic E-state index is 0.317. The van der Waals surface area contributed by atoms with Gasteiger partial charge in [-0.2, -0.15) is 11.8 Å². The molecule has 0 radical (unpaired) electrons. The Morgan fingerprint density at radius 1 is 1.20 bits per heavy atom. The number of hydrogen-bond donors (Lipinski definition) is 0. The third-order valence-electron chi connectivity index (χ3n) is 2.52. The summed E-state index contributed by atoms with van der Waals surface area (Å²) in [5.74, 6) is 0.935. The van der Waals surface area contributed by atoms with E-state index < -0.39 is 0 Å². The minimum Gasteiger partial charge on any atom is -0.298 e. The Balaban J connectivity index is 2.90. The lowest BCUT2D eigenvalue weighted by molar-refractivity contribution is -0.116. The average Bonchev–Trinajstić information content (AvgIpc) is 2.11. The van der Waals surface area contributed by atoms with E-state index in [4.69, 9.17) is 0 Å². The van der Waals surface area contributed by atoms with E-state index in [0.29, 0.717) is 18.0 Å². The zero-order valence-electron chi connectivity index (χ0n) is 9.89. The van der Waals surface area contributed by atoms with Crippen LogP contribution in [0.3, 0.4) is 0 Å². The van der Waals surface area contributed by atoms with Crippen molar-refractivity contribution < 1.29 is 4.79 Å². The van der Waals surface area contributed by atoms with Crippen LogP contribution >= 0.6 is 11.8 Å². The van der Waals surface area contributed by atoms with Crippen LogP contribution < -0.4 is 0 Å². The summed E-state index contributed by atoms with van der Waals surface area (Å²) in [5.41, 5.74) is 4.95. The van der Waals surface area contributed by atoms with E-state index in [1.165, 1.54) is 22.3 Å². The predicted octanol–water partition coefficient (Wildman–Crippen LogP) is 3.09. The lowest BCUT2D eigenvalue weighted by Gasteiger charge is -2.10. The number of benzene rings is 1. The second-order valence-corrected chi connectivity index (χ2v) is 4.89. The van der Waals surface area contributed by atoms with Gasteiger partial charge in [-0.3, -0.25) is 4.79 Å². The maximum Gasteiger partial charge on any atom is 0.147 e. The Bertz CT molecular complexity index is 346. The lowest BCUT2D eigenvalue weighted by Crippen LogP contribution is -2.08. The maximum absolute atomic E-state index is 11.6. The van der Waals surface area contributed by atoms with Crippen molar-refractivity contribution in [1.82, 2.24) is 0 Å². The quantitative estimate of drug-likeness (QED) is 0.778. The van der Waals surface area contributed by atoms with Gasteiger partial charge >= 0.3 is 0 Å². The normalized spacial score (nSPS) is 10.4. The van der Waals surface area contributed by atoms with E-state index in [2.05, 4.69) is 32.9 Å². The molecule has 1 aromatic carbocycles. The van der Waals surface area contributed by atoms with Crippen LogP contribution in [0.5, 0.6) is 0 Å². The van der Waals surface area contributed by atoms with Crippen molar-refractivity contribution in [3.05, 3.63) is 34.4 Å². The second kappa shape index (κ2) is 5.36. The monoisotopic (exact) mass is 222 g/mol. The van der Waals surface area contributed by atoms with Crippen LogP contribution in [0, 0.1) is 20.8 Å². The Kier molecular flexibility index (Phi) is 4.40. The van der Waals surface area contributed by atoms with Gasteiger partial charge in [0.2, 0.25) is 0 Å². The van der Waals surface area contributed by atoms with Crippen molar-refractivity contribution in [3.63, 3.8) is 0 Å². The predicted molar refractivity (Wildman–Crippen MR) is 67.7 cm³/mol. The second-order valence-electron chi connectivity index (χ2n) is 4.03. The number of thioether (sulfide) groups is 1. The van der Waals surface area contributed by atoms with Gasteiger partial charge in [0.1, 0.15) is 5.78 Å². The first-order valence-corrected chi connectivity index (χ1v) is 6.51. The van der Waals surface area contributed by atoms with Crippen LogP contribution in [0.25, 0.3) is 0 Å². The summed E-state index contributed by atoms with van der Waals surface area (Å²) in [6.45, 7) is 6.26. The largest absolute Gasteiger partial charge is 0.298 e. The molecule has 2 heteroatoms. The molecule has 0 aliphatic carbocycles. The highest BCUT2D eigenvalue weighted by Gasteiger charge is 2.08. The Labute approximate surface area is 96.3 Å². The average molecular weight is 222 g/mol.